The van der Waals surface area contributed by atoms with E-state index in [4.69, 9.17) is 0 Å². The predicted molar refractivity (Wildman–Crippen MR) is 77.4 cm³/mol. The van der Waals surface area contributed by atoms with Crippen molar-refractivity contribution in [3.63, 3.8) is 0 Å². The fourth-order valence-electron chi connectivity index (χ4n) is 1.89. The van der Waals surface area contributed by atoms with E-state index in [1.165, 1.54) is 0 Å². The maximum Gasteiger partial charge on any atom is 0.254 e. The lowest BCUT2D eigenvalue weighted by Crippen LogP contribution is -2.27. The molecule has 0 radical (unpaired) electrons. The molecule has 0 saturated carbocycles. The van der Waals surface area contributed by atoms with Gasteiger partial charge in [0.2, 0.25) is 0 Å². The van der Waals surface area contributed by atoms with Gasteiger partial charge in [-0.2, -0.15) is 0 Å². The van der Waals surface area contributed by atoms with Gasteiger partial charge in [0.05, 0.1) is 6.54 Å². The molecule has 0 fully saturated rings. The molecular weight excluding hydrogens is 254 g/mol. The first-order valence-electron chi connectivity index (χ1n) is 6.53. The highest BCUT2D eigenvalue weighted by molar-refractivity contribution is 5.94. The molecular formula is C14H19N5O. The Morgan fingerprint density at radius 2 is 2.20 bits per heavy atom. The van der Waals surface area contributed by atoms with E-state index in [0.717, 1.165) is 12.4 Å². The van der Waals surface area contributed by atoms with Crippen LogP contribution in [0.5, 0.6) is 0 Å². The van der Waals surface area contributed by atoms with Crippen molar-refractivity contribution in [1.29, 1.82) is 0 Å². The Morgan fingerprint density at radius 3 is 2.85 bits per heavy atom. The summed E-state index contributed by atoms with van der Waals surface area (Å²) in [6, 6.07) is 3.48. The van der Waals surface area contributed by atoms with Gasteiger partial charge >= 0.3 is 0 Å². The molecule has 0 aliphatic heterocycles. The summed E-state index contributed by atoms with van der Waals surface area (Å²) in [5.74, 6) is 1.51. The molecule has 1 amide bonds. The molecule has 20 heavy (non-hydrogen) atoms. The van der Waals surface area contributed by atoms with Crippen LogP contribution in [0, 0.1) is 0 Å². The summed E-state index contributed by atoms with van der Waals surface area (Å²) in [5, 5.41) is 3.10. The maximum absolute atomic E-state index is 12.4. The molecule has 2 rings (SSSR count). The zero-order chi connectivity index (χ0) is 14.5. The van der Waals surface area contributed by atoms with Crippen LogP contribution in [0.15, 0.2) is 30.7 Å². The molecule has 0 saturated heterocycles. The largest absolute Gasteiger partial charge is 0.370 e. The van der Waals surface area contributed by atoms with Gasteiger partial charge in [-0.05, 0) is 19.1 Å². The minimum atomic E-state index is -0.0467. The van der Waals surface area contributed by atoms with Crippen LogP contribution in [0.25, 0.3) is 0 Å². The number of pyridine rings is 1. The summed E-state index contributed by atoms with van der Waals surface area (Å²) in [6.07, 6.45) is 5.23. The number of amides is 1. The lowest BCUT2D eigenvalue weighted by atomic mass is 10.2. The normalized spacial score (nSPS) is 10.3. The minimum Gasteiger partial charge on any atom is -0.370 e. The SMILES string of the molecule is CCNc1cc(C(=O)N(C)Cc2nccn2C)ccn1. The van der Waals surface area contributed by atoms with Gasteiger partial charge in [-0.25, -0.2) is 9.97 Å². The third-order valence-corrected chi connectivity index (χ3v) is 3.01. The number of aryl methyl sites for hydroxylation is 1. The van der Waals surface area contributed by atoms with Crippen LogP contribution in [-0.4, -0.2) is 38.9 Å². The quantitative estimate of drug-likeness (QED) is 0.897. The van der Waals surface area contributed by atoms with Gasteiger partial charge in [0.1, 0.15) is 11.6 Å². The Balaban J connectivity index is 2.10. The van der Waals surface area contributed by atoms with Crippen molar-refractivity contribution in [2.75, 3.05) is 18.9 Å². The highest BCUT2D eigenvalue weighted by Crippen LogP contribution is 2.10. The molecule has 6 heteroatoms. The molecule has 0 spiro atoms. The lowest BCUT2D eigenvalue weighted by Gasteiger charge is -2.17. The molecule has 1 N–H and O–H groups in total. The standard InChI is InChI=1S/C14H19N5O/c1-4-15-12-9-11(5-6-16-12)14(20)19(3)10-13-17-7-8-18(13)2/h5-9H,4,10H2,1-3H3,(H,15,16). The Morgan fingerprint density at radius 1 is 1.40 bits per heavy atom. The first-order chi connectivity index (χ1) is 9.61. The Labute approximate surface area is 118 Å². The van der Waals surface area contributed by atoms with E-state index in [2.05, 4.69) is 15.3 Å². The summed E-state index contributed by atoms with van der Waals surface area (Å²) in [6.45, 7) is 3.23. The number of hydrogen-bond acceptors (Lipinski definition) is 4. The average Bonchev–Trinajstić information content (AvgIpc) is 2.84. The van der Waals surface area contributed by atoms with Gasteiger partial charge in [0.25, 0.3) is 5.91 Å². The lowest BCUT2D eigenvalue weighted by molar-refractivity contribution is 0.0780. The number of carbonyl (C=O) groups is 1. The van der Waals surface area contributed by atoms with Crippen LogP contribution in [0.2, 0.25) is 0 Å². The Kier molecular flexibility index (Phi) is 4.34. The fraction of sp³-hybridized carbons (Fsp3) is 0.357. The summed E-state index contributed by atoms with van der Waals surface area (Å²) in [7, 11) is 3.68. The Hall–Kier alpha value is -2.37. The van der Waals surface area contributed by atoms with Crippen LogP contribution in [0.4, 0.5) is 5.82 Å². The smallest absolute Gasteiger partial charge is 0.254 e. The van der Waals surface area contributed by atoms with Gasteiger partial charge in [-0.1, -0.05) is 0 Å². The summed E-state index contributed by atoms with van der Waals surface area (Å²) >= 11 is 0. The van der Waals surface area contributed by atoms with Crippen molar-refractivity contribution in [3.8, 4) is 0 Å². The van der Waals surface area contributed by atoms with Crippen molar-refractivity contribution in [2.24, 2.45) is 7.05 Å². The van der Waals surface area contributed by atoms with E-state index >= 15 is 0 Å². The molecule has 0 atom stereocenters. The van der Waals surface area contributed by atoms with Crippen LogP contribution >= 0.6 is 0 Å². The van der Waals surface area contributed by atoms with E-state index in [-0.39, 0.29) is 5.91 Å². The molecule has 106 valence electrons. The van der Waals surface area contributed by atoms with Gasteiger partial charge in [-0.15, -0.1) is 0 Å². The van der Waals surface area contributed by atoms with Crippen molar-refractivity contribution in [2.45, 2.75) is 13.5 Å². The van der Waals surface area contributed by atoms with Crippen LogP contribution < -0.4 is 5.32 Å². The third kappa shape index (κ3) is 3.14. The monoisotopic (exact) mass is 273 g/mol. The second-order valence-electron chi connectivity index (χ2n) is 4.58. The van der Waals surface area contributed by atoms with Crippen LogP contribution in [0.3, 0.4) is 0 Å². The summed E-state index contributed by atoms with van der Waals surface area (Å²) in [5.41, 5.74) is 0.618. The zero-order valence-electron chi connectivity index (χ0n) is 12.0. The number of nitrogens with zero attached hydrogens (tertiary/aromatic N) is 4. The van der Waals surface area contributed by atoms with E-state index in [0.29, 0.717) is 17.9 Å². The van der Waals surface area contributed by atoms with E-state index < -0.39 is 0 Å². The molecule has 2 aromatic heterocycles. The predicted octanol–water partition coefficient (Wildman–Crippen LogP) is 1.52. The summed E-state index contributed by atoms with van der Waals surface area (Å²) in [4.78, 5) is 22.4. The number of rotatable bonds is 5. The number of hydrogen-bond donors (Lipinski definition) is 1. The molecule has 2 aromatic rings. The molecule has 0 unspecified atom stereocenters. The van der Waals surface area contributed by atoms with Crippen molar-refractivity contribution < 1.29 is 4.79 Å². The first-order valence-corrected chi connectivity index (χ1v) is 6.53. The maximum atomic E-state index is 12.4. The minimum absolute atomic E-state index is 0.0467. The molecule has 0 aliphatic rings. The van der Waals surface area contributed by atoms with E-state index in [1.54, 1.807) is 36.5 Å². The molecule has 0 bridgehead atoms. The van der Waals surface area contributed by atoms with E-state index in [1.807, 2.05) is 24.7 Å². The third-order valence-electron chi connectivity index (χ3n) is 3.01. The first kappa shape index (κ1) is 14.0. The van der Waals surface area contributed by atoms with Crippen LogP contribution in [-0.2, 0) is 13.6 Å². The fourth-order valence-corrected chi connectivity index (χ4v) is 1.89. The molecule has 0 aliphatic carbocycles. The number of nitrogens with one attached hydrogen (secondary N) is 1. The van der Waals surface area contributed by atoms with Gasteiger partial charge in [0.15, 0.2) is 0 Å². The topological polar surface area (TPSA) is 63.1 Å². The number of carbonyl (C=O) groups excluding carboxylic acids is 1. The van der Waals surface area contributed by atoms with Gasteiger partial charge in [-0.3, -0.25) is 4.79 Å². The number of aromatic nitrogens is 3. The zero-order valence-corrected chi connectivity index (χ0v) is 12.0. The van der Waals surface area contributed by atoms with Crippen LogP contribution in [0.1, 0.15) is 23.1 Å². The second kappa shape index (κ2) is 6.18. The van der Waals surface area contributed by atoms with Gasteiger partial charge < -0.3 is 14.8 Å². The molecule has 0 aromatic carbocycles. The highest BCUT2D eigenvalue weighted by Gasteiger charge is 2.14. The Bertz CT molecular complexity index is 593. The average molecular weight is 273 g/mol. The van der Waals surface area contributed by atoms with Crippen molar-refractivity contribution >= 4 is 11.7 Å². The van der Waals surface area contributed by atoms with Crippen molar-refractivity contribution in [1.82, 2.24) is 19.4 Å². The van der Waals surface area contributed by atoms with E-state index in [9.17, 15) is 4.79 Å². The van der Waals surface area contributed by atoms with Gasteiger partial charge in [0, 0.05) is 44.8 Å². The molecule has 2 heterocycles. The summed E-state index contributed by atoms with van der Waals surface area (Å²) < 4.78 is 1.90. The molecule has 6 nitrogen and oxygen atoms in total. The van der Waals surface area contributed by atoms with Crippen molar-refractivity contribution in [3.05, 3.63) is 42.1 Å². The highest BCUT2D eigenvalue weighted by atomic mass is 16.2. The number of imidazole rings is 1. The second-order valence-corrected chi connectivity index (χ2v) is 4.58. The number of anilines is 1.